The summed E-state index contributed by atoms with van der Waals surface area (Å²) in [6, 6.07) is 0. The molecule has 0 aromatic carbocycles. The van der Waals surface area contributed by atoms with Crippen molar-refractivity contribution in [3.8, 4) is 0 Å². The van der Waals surface area contributed by atoms with E-state index in [1.54, 1.807) is 14.0 Å². The van der Waals surface area contributed by atoms with Crippen LogP contribution in [0, 0.1) is 0 Å². The summed E-state index contributed by atoms with van der Waals surface area (Å²) in [7, 11) is 1.78. The summed E-state index contributed by atoms with van der Waals surface area (Å²) in [4.78, 5) is 10.4. The van der Waals surface area contributed by atoms with Crippen molar-refractivity contribution >= 4 is 17.9 Å². The fourth-order valence-corrected chi connectivity index (χ4v) is 0.564. The molecule has 0 aliphatic rings. The minimum Gasteiger partial charge on any atom is -0.453 e. The van der Waals surface area contributed by atoms with Gasteiger partial charge in [-0.1, -0.05) is 6.92 Å². The first-order chi connectivity index (χ1) is 4.31. The van der Waals surface area contributed by atoms with Crippen molar-refractivity contribution in [2.24, 2.45) is 0 Å². The Morgan fingerprint density at radius 1 is 1.78 bits per heavy atom. The first-order valence-electron chi connectivity index (χ1n) is 2.75. The van der Waals surface area contributed by atoms with Gasteiger partial charge in [0.2, 0.25) is 0 Å². The van der Waals surface area contributed by atoms with Gasteiger partial charge in [-0.3, -0.25) is 9.52 Å². The maximum atomic E-state index is 10.4. The van der Waals surface area contributed by atoms with Crippen molar-refractivity contribution in [3.63, 3.8) is 0 Å². The number of carbonyl (C=O) groups excluding carboxylic acids is 1. The molecular formula is C5H11NO2S. The van der Waals surface area contributed by atoms with Gasteiger partial charge in [-0.25, -0.2) is 0 Å². The number of nitrogens with one attached hydrogen (secondary N) is 1. The van der Waals surface area contributed by atoms with E-state index in [9.17, 15) is 4.79 Å². The first kappa shape index (κ1) is 8.78. The summed E-state index contributed by atoms with van der Waals surface area (Å²) in [6.07, 6.45) is 0.449. The van der Waals surface area contributed by atoms with E-state index in [1.807, 2.05) is 0 Å². The van der Waals surface area contributed by atoms with Crippen LogP contribution >= 0.6 is 11.9 Å². The maximum absolute atomic E-state index is 10.4. The minimum atomic E-state index is -0.155. The molecule has 4 heteroatoms. The molecule has 0 unspecified atom stereocenters. The number of esters is 1. The number of hydrogen-bond donors (Lipinski definition) is 1. The minimum absolute atomic E-state index is 0.155. The molecule has 0 rings (SSSR count). The Labute approximate surface area is 59.3 Å². The van der Waals surface area contributed by atoms with Crippen LogP contribution in [-0.2, 0) is 9.53 Å². The molecule has 0 radical (unpaired) electrons. The highest BCUT2D eigenvalue weighted by molar-refractivity contribution is 7.97. The van der Waals surface area contributed by atoms with Crippen LogP contribution in [-0.4, -0.2) is 19.0 Å². The summed E-state index contributed by atoms with van der Waals surface area (Å²) >= 11 is 1.36. The summed E-state index contributed by atoms with van der Waals surface area (Å²) in [5, 5.41) is 0. The third-order valence-corrected chi connectivity index (χ3v) is 1.24. The van der Waals surface area contributed by atoms with Crippen LogP contribution in [0.2, 0.25) is 0 Å². The normalized spacial score (nSPS) is 9.11. The molecular weight excluding hydrogens is 138 g/mol. The Kier molecular flexibility index (Phi) is 5.76. The zero-order valence-corrected chi connectivity index (χ0v) is 6.46. The van der Waals surface area contributed by atoms with Crippen LogP contribution in [0.1, 0.15) is 13.3 Å². The maximum Gasteiger partial charge on any atom is 0.306 e. The molecule has 0 aromatic rings. The third kappa shape index (κ3) is 5.65. The van der Waals surface area contributed by atoms with Crippen molar-refractivity contribution in [3.05, 3.63) is 0 Å². The predicted molar refractivity (Wildman–Crippen MR) is 37.9 cm³/mol. The molecule has 0 amide bonds. The van der Waals surface area contributed by atoms with E-state index in [0.717, 1.165) is 0 Å². The molecule has 0 heterocycles. The number of carbonyl (C=O) groups is 1. The van der Waals surface area contributed by atoms with Crippen LogP contribution in [0.5, 0.6) is 0 Å². The molecule has 0 aliphatic carbocycles. The van der Waals surface area contributed by atoms with Crippen LogP contribution < -0.4 is 4.72 Å². The van der Waals surface area contributed by atoms with E-state index in [-0.39, 0.29) is 5.97 Å². The Morgan fingerprint density at radius 3 is 2.89 bits per heavy atom. The smallest absolute Gasteiger partial charge is 0.306 e. The molecule has 1 N–H and O–H groups in total. The Balaban J connectivity index is 2.97. The quantitative estimate of drug-likeness (QED) is 0.277. The average molecular weight is 149 g/mol. The standard InChI is InChI=1S/C5H11NO2S/c1-3-5(7)8-4-9-6-2/h6H,3-4H2,1-2H3. The van der Waals surface area contributed by atoms with Gasteiger partial charge in [0.15, 0.2) is 5.94 Å². The molecule has 0 fully saturated rings. The monoisotopic (exact) mass is 149 g/mol. The van der Waals surface area contributed by atoms with E-state index < -0.39 is 0 Å². The van der Waals surface area contributed by atoms with Crippen molar-refractivity contribution in [1.82, 2.24) is 4.72 Å². The van der Waals surface area contributed by atoms with Gasteiger partial charge < -0.3 is 4.74 Å². The largest absolute Gasteiger partial charge is 0.453 e. The Hall–Kier alpha value is -0.220. The highest BCUT2D eigenvalue weighted by Crippen LogP contribution is 1.93. The van der Waals surface area contributed by atoms with E-state index in [4.69, 9.17) is 4.74 Å². The number of hydrogen-bond acceptors (Lipinski definition) is 4. The van der Waals surface area contributed by atoms with E-state index in [1.165, 1.54) is 11.9 Å². The Bertz CT molecular complexity index is 87.0. The molecule has 0 bridgehead atoms. The average Bonchev–Trinajstić information content (AvgIpc) is 1.89. The third-order valence-electron chi connectivity index (χ3n) is 0.712. The molecule has 0 saturated carbocycles. The molecule has 0 aliphatic heterocycles. The van der Waals surface area contributed by atoms with Crippen molar-refractivity contribution < 1.29 is 9.53 Å². The van der Waals surface area contributed by atoms with Gasteiger partial charge in [-0.05, 0) is 19.0 Å². The van der Waals surface area contributed by atoms with Gasteiger partial charge in [-0.15, -0.1) is 0 Å². The van der Waals surface area contributed by atoms with Gasteiger partial charge in [0.25, 0.3) is 0 Å². The first-order valence-corrected chi connectivity index (χ1v) is 3.74. The second-order valence-corrected chi connectivity index (χ2v) is 2.27. The van der Waals surface area contributed by atoms with Crippen LogP contribution in [0.15, 0.2) is 0 Å². The zero-order valence-electron chi connectivity index (χ0n) is 5.64. The van der Waals surface area contributed by atoms with Gasteiger partial charge in [-0.2, -0.15) is 0 Å². The lowest BCUT2D eigenvalue weighted by atomic mass is 10.5. The molecule has 0 saturated heterocycles. The summed E-state index contributed by atoms with van der Waals surface area (Å²) in [6.45, 7) is 1.77. The fraction of sp³-hybridized carbons (Fsp3) is 0.800. The highest BCUT2D eigenvalue weighted by Gasteiger charge is 1.94. The summed E-state index contributed by atoms with van der Waals surface area (Å²) < 4.78 is 7.48. The second kappa shape index (κ2) is 5.91. The molecule has 0 aromatic heterocycles. The molecule has 9 heavy (non-hydrogen) atoms. The van der Waals surface area contributed by atoms with Gasteiger partial charge in [0.1, 0.15) is 0 Å². The zero-order chi connectivity index (χ0) is 7.11. The Morgan fingerprint density at radius 2 is 2.44 bits per heavy atom. The summed E-state index contributed by atoms with van der Waals surface area (Å²) in [5.41, 5.74) is 0. The molecule has 0 spiro atoms. The SMILES string of the molecule is CCC(=O)OCSNC. The molecule has 0 atom stereocenters. The van der Waals surface area contributed by atoms with Crippen LogP contribution in [0.25, 0.3) is 0 Å². The van der Waals surface area contributed by atoms with Crippen LogP contribution in [0.4, 0.5) is 0 Å². The fourth-order valence-electron chi connectivity index (χ4n) is 0.256. The van der Waals surface area contributed by atoms with Gasteiger partial charge in [0, 0.05) is 6.42 Å². The molecule has 54 valence electrons. The van der Waals surface area contributed by atoms with Crippen molar-refractivity contribution in [2.75, 3.05) is 13.0 Å². The van der Waals surface area contributed by atoms with Gasteiger partial charge in [0.05, 0.1) is 0 Å². The van der Waals surface area contributed by atoms with Crippen molar-refractivity contribution in [2.45, 2.75) is 13.3 Å². The number of ether oxygens (including phenoxy) is 1. The lowest BCUT2D eigenvalue weighted by molar-refractivity contribution is -0.140. The number of rotatable bonds is 4. The van der Waals surface area contributed by atoms with E-state index in [0.29, 0.717) is 12.4 Å². The second-order valence-electron chi connectivity index (χ2n) is 1.34. The van der Waals surface area contributed by atoms with Crippen molar-refractivity contribution in [1.29, 1.82) is 0 Å². The molecule has 3 nitrogen and oxygen atoms in total. The van der Waals surface area contributed by atoms with E-state index in [2.05, 4.69) is 4.72 Å². The summed E-state index contributed by atoms with van der Waals surface area (Å²) in [5.74, 6) is 0.237. The van der Waals surface area contributed by atoms with E-state index >= 15 is 0 Å². The lowest BCUT2D eigenvalue weighted by Crippen LogP contribution is -2.04. The van der Waals surface area contributed by atoms with Crippen LogP contribution in [0.3, 0.4) is 0 Å². The lowest BCUT2D eigenvalue weighted by Gasteiger charge is -1.99. The highest BCUT2D eigenvalue weighted by atomic mass is 32.2. The topological polar surface area (TPSA) is 38.3 Å². The predicted octanol–water partition coefficient (Wildman–Crippen LogP) is 0.765. The van der Waals surface area contributed by atoms with Gasteiger partial charge >= 0.3 is 5.97 Å².